The van der Waals surface area contributed by atoms with Gasteiger partial charge < -0.3 is 20.3 Å². The molecule has 0 aromatic heterocycles. The fourth-order valence-electron chi connectivity index (χ4n) is 6.25. The third kappa shape index (κ3) is 6.30. The number of nitrogens with one attached hydrogen (secondary N) is 3. The molecule has 3 aliphatic rings. The van der Waals surface area contributed by atoms with Gasteiger partial charge in [-0.3, -0.25) is 14.4 Å². The van der Waals surface area contributed by atoms with Gasteiger partial charge in [0.2, 0.25) is 11.8 Å². The number of piperidine rings is 1. The lowest BCUT2D eigenvalue weighted by molar-refractivity contribution is -0.144. The first-order valence-corrected chi connectivity index (χ1v) is 16.0. The molecule has 1 aliphatic heterocycles. The van der Waals surface area contributed by atoms with Crippen molar-refractivity contribution in [1.82, 2.24) is 20.3 Å². The first-order valence-electron chi connectivity index (χ1n) is 14.5. The highest BCUT2D eigenvalue weighted by atomic mass is 32.2. The number of benzene rings is 1. The molecule has 11 nitrogen and oxygen atoms in total. The Morgan fingerprint density at radius 2 is 1.67 bits per heavy atom. The SMILES string of the molecule is C=CC1C[C@]1(NC(=O)[C@@H]1[C@@H]2[C@H](CN1C(=O)C(NC(=O)OC(C)(C)C)C(C)(C)C)C2(C)C)C(=O)NS(=O)(=O)c1ccccc1. The number of amides is 4. The largest absolute Gasteiger partial charge is 0.444 e. The van der Waals surface area contributed by atoms with Gasteiger partial charge in [0.05, 0.1) is 4.90 Å². The fourth-order valence-corrected chi connectivity index (χ4v) is 7.31. The second-order valence-electron chi connectivity index (χ2n) is 14.6. The number of ether oxygens (including phenoxy) is 1. The highest BCUT2D eigenvalue weighted by Gasteiger charge is 2.71. The Kier molecular flexibility index (Phi) is 8.04. The Bertz CT molecular complexity index is 1430. The number of nitrogens with zero attached hydrogens (tertiary/aromatic N) is 1. The minimum absolute atomic E-state index is 0.0481. The summed E-state index contributed by atoms with van der Waals surface area (Å²) in [7, 11) is -4.19. The molecule has 6 atom stereocenters. The summed E-state index contributed by atoms with van der Waals surface area (Å²) in [6, 6.07) is 5.57. The lowest BCUT2D eigenvalue weighted by Crippen LogP contribution is -2.61. The minimum atomic E-state index is -4.19. The predicted molar refractivity (Wildman–Crippen MR) is 160 cm³/mol. The summed E-state index contributed by atoms with van der Waals surface area (Å²) in [5.41, 5.74) is -3.23. The molecule has 1 heterocycles. The van der Waals surface area contributed by atoms with Gasteiger partial charge in [-0.15, -0.1) is 6.58 Å². The Labute approximate surface area is 254 Å². The van der Waals surface area contributed by atoms with E-state index in [1.54, 1.807) is 39.0 Å². The molecule has 236 valence electrons. The van der Waals surface area contributed by atoms with Crippen LogP contribution in [0.4, 0.5) is 4.79 Å². The Hall–Kier alpha value is -3.41. The Morgan fingerprint density at radius 1 is 1.07 bits per heavy atom. The standard InChI is InChI=1S/C31H44N4O7S/c1-10-18-16-31(18,26(38)34-43(40,41)19-14-12-11-13-15-19)33-24(36)22-21-20(30(21,8)9)17-35(22)25(37)23(28(2,3)4)32-27(39)42-29(5,6)7/h10-15,18,20-23H,1,16-17H2,2-9H3,(H,32,39)(H,33,36)(H,34,38)/t18?,20-,21-,22-,23?,31+/m0/s1. The van der Waals surface area contributed by atoms with Crippen molar-refractivity contribution in [2.45, 2.75) is 89.9 Å². The van der Waals surface area contributed by atoms with Crippen molar-refractivity contribution in [2.75, 3.05) is 6.54 Å². The van der Waals surface area contributed by atoms with Gasteiger partial charge in [0.1, 0.15) is 23.2 Å². The fraction of sp³-hybridized carbons (Fsp3) is 0.613. The van der Waals surface area contributed by atoms with Crippen LogP contribution in [0.3, 0.4) is 0 Å². The van der Waals surface area contributed by atoms with Crippen LogP contribution < -0.4 is 15.4 Å². The van der Waals surface area contributed by atoms with E-state index in [2.05, 4.69) is 21.9 Å². The summed E-state index contributed by atoms with van der Waals surface area (Å²) < 4.78 is 33.4. The van der Waals surface area contributed by atoms with Crippen LogP contribution in [0.1, 0.15) is 61.8 Å². The second kappa shape index (κ2) is 10.6. The molecule has 43 heavy (non-hydrogen) atoms. The van der Waals surface area contributed by atoms with Crippen LogP contribution in [0.15, 0.2) is 47.9 Å². The monoisotopic (exact) mass is 616 g/mol. The number of alkyl carbamates (subject to hydrolysis) is 1. The molecule has 3 fully saturated rings. The quantitative estimate of drug-likeness (QED) is 0.380. The van der Waals surface area contributed by atoms with Gasteiger partial charge in [-0.05, 0) is 62.0 Å². The zero-order chi connectivity index (χ0) is 32.3. The van der Waals surface area contributed by atoms with E-state index in [1.807, 2.05) is 34.6 Å². The van der Waals surface area contributed by atoms with Crippen LogP contribution in [0.25, 0.3) is 0 Å². The van der Waals surface area contributed by atoms with E-state index in [1.165, 1.54) is 23.1 Å². The van der Waals surface area contributed by atoms with E-state index in [0.29, 0.717) is 6.54 Å². The van der Waals surface area contributed by atoms with Crippen molar-refractivity contribution in [3.8, 4) is 0 Å². The number of hydrogen-bond donors (Lipinski definition) is 3. The van der Waals surface area contributed by atoms with Crippen molar-refractivity contribution < 1.29 is 32.3 Å². The van der Waals surface area contributed by atoms with Gasteiger partial charge in [0.15, 0.2) is 0 Å². The van der Waals surface area contributed by atoms with E-state index in [9.17, 15) is 27.6 Å². The number of hydrogen-bond acceptors (Lipinski definition) is 7. The van der Waals surface area contributed by atoms with E-state index in [4.69, 9.17) is 4.74 Å². The molecule has 2 unspecified atom stereocenters. The van der Waals surface area contributed by atoms with Crippen molar-refractivity contribution in [2.24, 2.45) is 28.6 Å². The summed E-state index contributed by atoms with van der Waals surface area (Å²) in [6.45, 7) is 18.7. The summed E-state index contributed by atoms with van der Waals surface area (Å²) in [6.07, 6.45) is 0.937. The molecule has 4 amide bonds. The van der Waals surface area contributed by atoms with Crippen LogP contribution >= 0.6 is 0 Å². The van der Waals surface area contributed by atoms with Gasteiger partial charge in [-0.1, -0.05) is 58.9 Å². The molecule has 4 rings (SSSR count). The highest BCUT2D eigenvalue weighted by molar-refractivity contribution is 7.90. The second-order valence-corrected chi connectivity index (χ2v) is 16.3. The molecule has 0 spiro atoms. The average molecular weight is 617 g/mol. The third-order valence-corrected chi connectivity index (χ3v) is 10.2. The number of sulfonamides is 1. The van der Waals surface area contributed by atoms with Crippen LogP contribution in [0.2, 0.25) is 0 Å². The molecule has 12 heteroatoms. The number of carbonyl (C=O) groups excluding carboxylic acids is 4. The van der Waals surface area contributed by atoms with Gasteiger partial charge in [-0.25, -0.2) is 17.9 Å². The lowest BCUT2D eigenvalue weighted by atomic mass is 9.85. The molecule has 2 saturated carbocycles. The van der Waals surface area contributed by atoms with Crippen LogP contribution in [-0.2, 0) is 29.1 Å². The molecule has 0 radical (unpaired) electrons. The predicted octanol–water partition coefficient (Wildman–Crippen LogP) is 2.97. The van der Waals surface area contributed by atoms with Gasteiger partial charge >= 0.3 is 6.09 Å². The van der Waals surface area contributed by atoms with Crippen LogP contribution in [-0.4, -0.2) is 66.9 Å². The molecule has 1 saturated heterocycles. The normalized spacial score (nSPS) is 28.1. The Balaban J connectivity index is 1.58. The van der Waals surface area contributed by atoms with E-state index >= 15 is 0 Å². The molecule has 1 aromatic carbocycles. The van der Waals surface area contributed by atoms with Crippen molar-refractivity contribution in [3.05, 3.63) is 43.0 Å². The highest BCUT2D eigenvalue weighted by Crippen LogP contribution is 2.65. The number of likely N-dealkylation sites (tertiary alicyclic amines) is 1. The molecule has 3 N–H and O–H groups in total. The summed E-state index contributed by atoms with van der Waals surface area (Å²) in [5, 5.41) is 5.53. The molecule has 1 aromatic rings. The number of carbonyl (C=O) groups is 4. The molecular formula is C31H44N4O7S. The van der Waals surface area contributed by atoms with Crippen LogP contribution in [0, 0.1) is 28.6 Å². The maximum absolute atomic E-state index is 14.1. The Morgan fingerprint density at radius 3 is 2.19 bits per heavy atom. The number of rotatable bonds is 8. The van der Waals surface area contributed by atoms with Crippen molar-refractivity contribution in [1.29, 1.82) is 0 Å². The average Bonchev–Trinajstić information content (AvgIpc) is 3.63. The first-order chi connectivity index (χ1) is 19.7. The van der Waals surface area contributed by atoms with E-state index in [0.717, 1.165) is 0 Å². The first kappa shape index (κ1) is 32.5. The van der Waals surface area contributed by atoms with Crippen LogP contribution in [0.5, 0.6) is 0 Å². The van der Waals surface area contributed by atoms with Crippen molar-refractivity contribution >= 4 is 33.8 Å². The lowest BCUT2D eigenvalue weighted by Gasteiger charge is -2.38. The van der Waals surface area contributed by atoms with Gasteiger partial charge in [-0.2, -0.15) is 0 Å². The maximum Gasteiger partial charge on any atom is 0.408 e. The zero-order valence-corrected chi connectivity index (χ0v) is 27.0. The smallest absolute Gasteiger partial charge is 0.408 e. The van der Waals surface area contributed by atoms with E-state index < -0.39 is 68.4 Å². The van der Waals surface area contributed by atoms with Crippen molar-refractivity contribution in [3.63, 3.8) is 0 Å². The molecular weight excluding hydrogens is 572 g/mol. The van der Waals surface area contributed by atoms with E-state index in [-0.39, 0.29) is 28.6 Å². The van der Waals surface area contributed by atoms with Gasteiger partial charge in [0, 0.05) is 12.5 Å². The number of fused-ring (bicyclic) bond motifs is 1. The molecule has 2 aliphatic carbocycles. The summed E-state index contributed by atoms with van der Waals surface area (Å²) in [4.78, 5) is 55.7. The zero-order valence-electron chi connectivity index (χ0n) is 26.2. The topological polar surface area (TPSA) is 151 Å². The third-order valence-electron chi connectivity index (χ3n) is 8.87. The molecule has 0 bridgehead atoms. The maximum atomic E-state index is 14.1. The minimum Gasteiger partial charge on any atom is -0.444 e. The van der Waals surface area contributed by atoms with Gasteiger partial charge in [0.25, 0.3) is 15.9 Å². The summed E-state index contributed by atoms with van der Waals surface area (Å²) >= 11 is 0. The summed E-state index contributed by atoms with van der Waals surface area (Å²) in [5.74, 6) is -2.46.